The van der Waals surface area contributed by atoms with E-state index in [0.29, 0.717) is 6.04 Å². The number of piperidine rings is 1. The van der Waals surface area contributed by atoms with Crippen LogP contribution >= 0.6 is 0 Å². The molecule has 2 aromatic rings. The number of nitrogens with one attached hydrogen (secondary N) is 1. The lowest BCUT2D eigenvalue weighted by atomic mass is 10.0. The van der Waals surface area contributed by atoms with Gasteiger partial charge in [-0.3, -0.25) is 4.90 Å². The molecule has 3 rings (SSSR count). The summed E-state index contributed by atoms with van der Waals surface area (Å²) in [4.78, 5) is 2.57. The van der Waals surface area contributed by atoms with E-state index in [-0.39, 0.29) is 0 Å². The van der Waals surface area contributed by atoms with Gasteiger partial charge in [-0.15, -0.1) is 0 Å². The zero-order chi connectivity index (χ0) is 16.1. The molecule has 1 unspecified atom stereocenters. The molecule has 0 bridgehead atoms. The van der Waals surface area contributed by atoms with Gasteiger partial charge in [0, 0.05) is 13.1 Å². The zero-order valence-electron chi connectivity index (χ0n) is 14.3. The first-order valence-electron chi connectivity index (χ1n) is 8.78. The zero-order valence-corrected chi connectivity index (χ0v) is 14.3. The Kier molecular flexibility index (Phi) is 5.52. The predicted molar refractivity (Wildman–Crippen MR) is 94.5 cm³/mol. The Morgan fingerprint density at radius 2 is 1.96 bits per heavy atom. The van der Waals surface area contributed by atoms with Crippen LogP contribution in [0.4, 0.5) is 0 Å². The highest BCUT2D eigenvalue weighted by Crippen LogP contribution is 2.24. The molecule has 1 saturated heterocycles. The van der Waals surface area contributed by atoms with Gasteiger partial charge in [-0.25, -0.2) is 0 Å². The van der Waals surface area contributed by atoms with Crippen molar-refractivity contribution in [2.75, 3.05) is 19.6 Å². The van der Waals surface area contributed by atoms with Crippen molar-refractivity contribution in [3.8, 4) is 0 Å². The van der Waals surface area contributed by atoms with Crippen LogP contribution in [0, 0.1) is 13.8 Å². The topological polar surface area (TPSA) is 28.4 Å². The van der Waals surface area contributed by atoms with Crippen LogP contribution in [0.3, 0.4) is 0 Å². The van der Waals surface area contributed by atoms with Crippen LogP contribution < -0.4 is 5.32 Å². The predicted octanol–water partition coefficient (Wildman–Crippen LogP) is 4.21. The van der Waals surface area contributed by atoms with Crippen molar-refractivity contribution in [2.24, 2.45) is 0 Å². The minimum atomic E-state index is 0.344. The first-order chi connectivity index (χ1) is 11.2. The molecule has 0 saturated carbocycles. The van der Waals surface area contributed by atoms with Gasteiger partial charge in [0.2, 0.25) is 0 Å². The molecule has 1 aromatic heterocycles. The largest absolute Gasteiger partial charge is 0.468 e. The monoisotopic (exact) mass is 312 g/mol. The van der Waals surface area contributed by atoms with Gasteiger partial charge in [0.05, 0.1) is 12.3 Å². The molecule has 0 amide bonds. The third-order valence-corrected chi connectivity index (χ3v) is 4.85. The van der Waals surface area contributed by atoms with E-state index in [0.717, 1.165) is 18.8 Å². The average molecular weight is 312 g/mol. The normalized spacial score (nSPS) is 17.3. The number of hydrogen-bond donors (Lipinski definition) is 1. The van der Waals surface area contributed by atoms with Gasteiger partial charge in [-0.05, 0) is 63.0 Å². The van der Waals surface area contributed by atoms with Gasteiger partial charge in [-0.2, -0.15) is 0 Å². The van der Waals surface area contributed by atoms with Gasteiger partial charge in [0.25, 0.3) is 0 Å². The van der Waals surface area contributed by atoms with Crippen molar-refractivity contribution >= 4 is 0 Å². The van der Waals surface area contributed by atoms with E-state index < -0.39 is 0 Å². The number of likely N-dealkylation sites (tertiary alicyclic amines) is 1. The summed E-state index contributed by atoms with van der Waals surface area (Å²) in [5.41, 5.74) is 4.07. The van der Waals surface area contributed by atoms with E-state index >= 15 is 0 Å². The van der Waals surface area contributed by atoms with Crippen LogP contribution in [-0.4, -0.2) is 24.5 Å². The lowest BCUT2D eigenvalue weighted by Gasteiger charge is -2.33. The van der Waals surface area contributed by atoms with Crippen molar-refractivity contribution in [3.63, 3.8) is 0 Å². The van der Waals surface area contributed by atoms with Crippen molar-refractivity contribution < 1.29 is 4.42 Å². The third kappa shape index (κ3) is 4.24. The second-order valence-electron chi connectivity index (χ2n) is 6.69. The van der Waals surface area contributed by atoms with Gasteiger partial charge in [0.15, 0.2) is 0 Å². The average Bonchev–Trinajstić information content (AvgIpc) is 3.08. The van der Waals surface area contributed by atoms with Crippen LogP contribution in [0.1, 0.15) is 47.8 Å². The van der Waals surface area contributed by atoms with E-state index in [1.807, 2.05) is 6.07 Å². The summed E-state index contributed by atoms with van der Waals surface area (Å²) in [6.07, 6.45) is 5.75. The molecule has 23 heavy (non-hydrogen) atoms. The Hall–Kier alpha value is -1.58. The summed E-state index contributed by atoms with van der Waals surface area (Å²) in [5, 5.41) is 3.65. The molecule has 1 aromatic carbocycles. The van der Waals surface area contributed by atoms with Crippen molar-refractivity contribution in [1.29, 1.82) is 0 Å². The number of rotatable bonds is 6. The number of aryl methyl sites for hydroxylation is 2. The van der Waals surface area contributed by atoms with Crippen LogP contribution in [0.2, 0.25) is 0 Å². The summed E-state index contributed by atoms with van der Waals surface area (Å²) in [6.45, 7) is 8.54. The van der Waals surface area contributed by atoms with Crippen LogP contribution in [0.15, 0.2) is 41.0 Å². The molecule has 3 nitrogen and oxygen atoms in total. The first-order valence-corrected chi connectivity index (χ1v) is 8.78. The highest BCUT2D eigenvalue weighted by Gasteiger charge is 2.23. The van der Waals surface area contributed by atoms with Gasteiger partial charge < -0.3 is 9.73 Å². The Balaban J connectivity index is 1.62. The van der Waals surface area contributed by atoms with Gasteiger partial charge >= 0.3 is 0 Å². The molecule has 124 valence electrons. The molecule has 1 atom stereocenters. The maximum atomic E-state index is 5.71. The van der Waals surface area contributed by atoms with E-state index in [1.165, 1.54) is 49.0 Å². The van der Waals surface area contributed by atoms with Crippen LogP contribution in [0.5, 0.6) is 0 Å². The van der Waals surface area contributed by atoms with E-state index in [9.17, 15) is 0 Å². The highest BCUT2D eigenvalue weighted by atomic mass is 16.3. The fraction of sp³-hybridized carbons (Fsp3) is 0.500. The second-order valence-corrected chi connectivity index (χ2v) is 6.69. The van der Waals surface area contributed by atoms with Crippen LogP contribution in [0.25, 0.3) is 0 Å². The summed E-state index contributed by atoms with van der Waals surface area (Å²) in [6, 6.07) is 11.1. The number of furan rings is 1. The molecule has 0 aliphatic carbocycles. The van der Waals surface area contributed by atoms with Crippen molar-refractivity contribution in [1.82, 2.24) is 10.2 Å². The summed E-state index contributed by atoms with van der Waals surface area (Å²) < 4.78 is 5.71. The molecule has 0 spiro atoms. The highest BCUT2D eigenvalue weighted by molar-refractivity contribution is 5.30. The molecule has 2 heterocycles. The Labute approximate surface area is 139 Å². The molecule has 1 aliphatic heterocycles. The fourth-order valence-electron chi connectivity index (χ4n) is 3.51. The first kappa shape index (κ1) is 16.3. The van der Waals surface area contributed by atoms with Crippen molar-refractivity contribution in [3.05, 3.63) is 59.0 Å². The van der Waals surface area contributed by atoms with Crippen LogP contribution in [-0.2, 0) is 6.54 Å². The SMILES string of the molecule is Cc1ccc(CNCC(c2ccco2)N2CCCCC2)c(C)c1. The molecule has 0 radical (unpaired) electrons. The molecule has 3 heteroatoms. The maximum Gasteiger partial charge on any atom is 0.122 e. The minimum absolute atomic E-state index is 0.344. The van der Waals surface area contributed by atoms with Gasteiger partial charge in [-0.1, -0.05) is 30.2 Å². The summed E-state index contributed by atoms with van der Waals surface area (Å²) in [7, 11) is 0. The lowest BCUT2D eigenvalue weighted by molar-refractivity contribution is 0.142. The number of nitrogens with zero attached hydrogens (tertiary/aromatic N) is 1. The van der Waals surface area contributed by atoms with E-state index in [2.05, 4.69) is 48.3 Å². The molecule has 1 fully saturated rings. The Bertz CT molecular complexity index is 600. The maximum absolute atomic E-state index is 5.71. The molecular weight excluding hydrogens is 284 g/mol. The number of benzene rings is 1. The third-order valence-electron chi connectivity index (χ3n) is 4.85. The molecule has 1 aliphatic rings. The van der Waals surface area contributed by atoms with Gasteiger partial charge in [0.1, 0.15) is 5.76 Å². The van der Waals surface area contributed by atoms with E-state index in [1.54, 1.807) is 6.26 Å². The standard InChI is InChI=1S/C20H28N2O/c1-16-8-9-18(17(2)13-16)14-21-15-19(20-7-6-12-23-20)22-10-4-3-5-11-22/h6-9,12-13,19,21H,3-5,10-11,14-15H2,1-2H3. The molecule has 1 N–H and O–H groups in total. The summed E-state index contributed by atoms with van der Waals surface area (Å²) in [5.74, 6) is 1.08. The van der Waals surface area contributed by atoms with E-state index in [4.69, 9.17) is 4.42 Å². The van der Waals surface area contributed by atoms with Crippen molar-refractivity contribution in [2.45, 2.75) is 45.7 Å². The Morgan fingerprint density at radius 3 is 2.65 bits per heavy atom. The smallest absolute Gasteiger partial charge is 0.122 e. The fourth-order valence-corrected chi connectivity index (χ4v) is 3.51. The minimum Gasteiger partial charge on any atom is -0.468 e. The lowest BCUT2D eigenvalue weighted by Crippen LogP contribution is -2.38. The number of hydrogen-bond acceptors (Lipinski definition) is 3. The molecular formula is C20H28N2O. The Morgan fingerprint density at radius 1 is 1.13 bits per heavy atom. The second kappa shape index (κ2) is 7.80. The quantitative estimate of drug-likeness (QED) is 0.866. The summed E-state index contributed by atoms with van der Waals surface area (Å²) >= 11 is 0.